The van der Waals surface area contributed by atoms with E-state index in [4.69, 9.17) is 5.26 Å². The Labute approximate surface area is 114 Å². The second-order valence-electron chi connectivity index (χ2n) is 5.00. The molecule has 1 aliphatic heterocycles. The van der Waals surface area contributed by atoms with Crippen molar-refractivity contribution in [1.82, 2.24) is 9.88 Å². The zero-order valence-corrected chi connectivity index (χ0v) is 11.1. The first kappa shape index (κ1) is 13.5. The van der Waals surface area contributed by atoms with Crippen LogP contribution >= 0.6 is 0 Å². The second-order valence-corrected chi connectivity index (χ2v) is 5.00. The Bertz CT molecular complexity index is 444. The van der Waals surface area contributed by atoms with Crippen molar-refractivity contribution in [2.24, 2.45) is 5.92 Å². The van der Waals surface area contributed by atoms with E-state index in [-0.39, 0.29) is 11.8 Å². The lowest BCUT2D eigenvalue weighted by molar-refractivity contribution is -0.132. The molecule has 1 aliphatic rings. The highest BCUT2D eigenvalue weighted by atomic mass is 16.2. The van der Waals surface area contributed by atoms with E-state index in [1.54, 1.807) is 6.20 Å². The fourth-order valence-electron chi connectivity index (χ4n) is 2.41. The zero-order chi connectivity index (χ0) is 13.5. The van der Waals surface area contributed by atoms with Crippen LogP contribution in [0.5, 0.6) is 0 Å². The number of piperidine rings is 1. The lowest BCUT2D eigenvalue weighted by Gasteiger charge is -2.29. The first-order chi connectivity index (χ1) is 9.29. The van der Waals surface area contributed by atoms with Gasteiger partial charge in [0.1, 0.15) is 0 Å². The summed E-state index contributed by atoms with van der Waals surface area (Å²) in [5, 5.41) is 8.82. The molecule has 0 bridgehead atoms. The predicted molar refractivity (Wildman–Crippen MR) is 72.1 cm³/mol. The number of rotatable bonds is 4. The molecule has 0 N–H and O–H groups in total. The number of nitrogens with zero attached hydrogens (tertiary/aromatic N) is 3. The van der Waals surface area contributed by atoms with E-state index in [1.807, 2.05) is 23.2 Å². The van der Waals surface area contributed by atoms with E-state index in [0.29, 0.717) is 6.42 Å². The molecule has 100 valence electrons. The molecule has 2 rings (SSSR count). The number of hydrogen-bond acceptors (Lipinski definition) is 3. The minimum atomic E-state index is 0.138. The normalized spacial score (nSPS) is 16.1. The lowest BCUT2D eigenvalue weighted by atomic mass is 9.98. The third-order valence-corrected chi connectivity index (χ3v) is 3.61. The highest BCUT2D eigenvalue weighted by molar-refractivity contribution is 5.76. The van der Waals surface area contributed by atoms with Crippen molar-refractivity contribution >= 4 is 5.91 Å². The molecule has 0 saturated carbocycles. The molecule has 0 atom stereocenters. The van der Waals surface area contributed by atoms with Gasteiger partial charge >= 0.3 is 0 Å². The van der Waals surface area contributed by atoms with Crippen molar-refractivity contribution in [3.63, 3.8) is 0 Å². The minimum Gasteiger partial charge on any atom is -0.343 e. The Balaban J connectivity index is 1.69. The molecular formula is C15H19N3O. The van der Waals surface area contributed by atoms with Gasteiger partial charge in [-0.1, -0.05) is 6.07 Å². The number of likely N-dealkylation sites (tertiary alicyclic amines) is 1. The van der Waals surface area contributed by atoms with E-state index in [0.717, 1.165) is 38.8 Å². The predicted octanol–water partition coefficient (Wildman–Crippen LogP) is 2.17. The molecule has 1 amide bonds. The van der Waals surface area contributed by atoms with Gasteiger partial charge in [-0.15, -0.1) is 0 Å². The molecule has 1 fully saturated rings. The third kappa shape index (κ3) is 4.06. The highest BCUT2D eigenvalue weighted by Gasteiger charge is 2.21. The van der Waals surface area contributed by atoms with Crippen molar-refractivity contribution in [3.05, 3.63) is 30.1 Å². The number of hydrogen-bond donors (Lipinski definition) is 0. The molecule has 0 aliphatic carbocycles. The van der Waals surface area contributed by atoms with Crippen LogP contribution in [0.4, 0.5) is 0 Å². The van der Waals surface area contributed by atoms with E-state index in [1.165, 1.54) is 5.56 Å². The lowest BCUT2D eigenvalue weighted by Crippen LogP contribution is -2.38. The van der Waals surface area contributed by atoms with Crippen LogP contribution in [0.25, 0.3) is 0 Å². The maximum absolute atomic E-state index is 12.0. The van der Waals surface area contributed by atoms with Gasteiger partial charge in [-0.05, 0) is 37.3 Å². The van der Waals surface area contributed by atoms with Gasteiger partial charge in [-0.2, -0.15) is 5.26 Å². The van der Waals surface area contributed by atoms with Gasteiger partial charge in [0, 0.05) is 37.8 Å². The van der Waals surface area contributed by atoms with Gasteiger partial charge in [-0.25, -0.2) is 0 Å². The molecule has 2 heterocycles. The van der Waals surface area contributed by atoms with Crippen molar-refractivity contribution in [3.8, 4) is 6.07 Å². The average molecular weight is 257 g/mol. The van der Waals surface area contributed by atoms with Gasteiger partial charge in [-0.3, -0.25) is 9.78 Å². The molecule has 1 saturated heterocycles. The van der Waals surface area contributed by atoms with E-state index in [2.05, 4.69) is 11.1 Å². The van der Waals surface area contributed by atoms with Crippen LogP contribution in [-0.4, -0.2) is 28.9 Å². The van der Waals surface area contributed by atoms with Gasteiger partial charge in [0.2, 0.25) is 5.91 Å². The Morgan fingerprint density at radius 1 is 1.47 bits per heavy atom. The third-order valence-electron chi connectivity index (χ3n) is 3.61. The maximum atomic E-state index is 12.0. The molecule has 0 aromatic carbocycles. The van der Waals surface area contributed by atoms with E-state index in [9.17, 15) is 4.79 Å². The van der Waals surface area contributed by atoms with Crippen LogP contribution in [0, 0.1) is 17.2 Å². The minimum absolute atomic E-state index is 0.138. The smallest absolute Gasteiger partial charge is 0.222 e. The van der Waals surface area contributed by atoms with Crippen LogP contribution in [0.15, 0.2) is 24.5 Å². The molecule has 19 heavy (non-hydrogen) atoms. The Hall–Kier alpha value is -1.89. The second kappa shape index (κ2) is 6.89. The number of amides is 1. The van der Waals surface area contributed by atoms with Gasteiger partial charge in [0.25, 0.3) is 0 Å². The first-order valence-corrected chi connectivity index (χ1v) is 6.86. The molecule has 1 aromatic rings. The van der Waals surface area contributed by atoms with Gasteiger partial charge in [0.05, 0.1) is 6.07 Å². The molecular weight excluding hydrogens is 238 g/mol. The standard InChI is InChI=1S/C15H19N3O/c16-11-13-6-9-18(10-7-13)15(19)5-1-3-14-4-2-8-17-12-14/h2,4,8,12-13H,1,3,5-7,9-10H2. The number of aromatic nitrogens is 1. The molecule has 4 heteroatoms. The molecule has 4 nitrogen and oxygen atoms in total. The largest absolute Gasteiger partial charge is 0.343 e. The van der Waals surface area contributed by atoms with Crippen LogP contribution in [-0.2, 0) is 11.2 Å². The maximum Gasteiger partial charge on any atom is 0.222 e. The van der Waals surface area contributed by atoms with Crippen molar-refractivity contribution in [1.29, 1.82) is 5.26 Å². The van der Waals surface area contributed by atoms with Gasteiger partial charge in [0.15, 0.2) is 0 Å². The Morgan fingerprint density at radius 2 is 2.26 bits per heavy atom. The van der Waals surface area contributed by atoms with Crippen molar-refractivity contribution in [2.75, 3.05) is 13.1 Å². The summed E-state index contributed by atoms with van der Waals surface area (Å²) >= 11 is 0. The summed E-state index contributed by atoms with van der Waals surface area (Å²) in [5.41, 5.74) is 1.18. The number of carbonyl (C=O) groups is 1. The summed E-state index contributed by atoms with van der Waals surface area (Å²) in [4.78, 5) is 18.0. The summed E-state index contributed by atoms with van der Waals surface area (Å²) in [5.74, 6) is 0.361. The summed E-state index contributed by atoms with van der Waals surface area (Å²) in [6.45, 7) is 1.48. The number of carbonyl (C=O) groups excluding carboxylic acids is 1. The summed E-state index contributed by atoms with van der Waals surface area (Å²) < 4.78 is 0. The van der Waals surface area contributed by atoms with Crippen molar-refractivity contribution < 1.29 is 4.79 Å². The topological polar surface area (TPSA) is 57.0 Å². The van der Waals surface area contributed by atoms with E-state index < -0.39 is 0 Å². The zero-order valence-electron chi connectivity index (χ0n) is 11.1. The number of pyridine rings is 1. The first-order valence-electron chi connectivity index (χ1n) is 6.86. The number of nitriles is 1. The summed E-state index contributed by atoms with van der Waals surface area (Å²) in [7, 11) is 0. The van der Waals surface area contributed by atoms with Crippen LogP contribution in [0.2, 0.25) is 0 Å². The Kier molecular flexibility index (Phi) is 4.91. The Morgan fingerprint density at radius 3 is 2.89 bits per heavy atom. The fourth-order valence-corrected chi connectivity index (χ4v) is 2.41. The van der Waals surface area contributed by atoms with Gasteiger partial charge < -0.3 is 4.90 Å². The highest BCUT2D eigenvalue weighted by Crippen LogP contribution is 2.17. The van der Waals surface area contributed by atoms with Crippen molar-refractivity contribution in [2.45, 2.75) is 32.1 Å². The molecule has 0 radical (unpaired) electrons. The molecule has 1 aromatic heterocycles. The average Bonchev–Trinajstić information content (AvgIpc) is 2.48. The van der Waals surface area contributed by atoms with Crippen LogP contribution in [0.3, 0.4) is 0 Å². The summed E-state index contributed by atoms with van der Waals surface area (Å²) in [6, 6.07) is 6.24. The van der Waals surface area contributed by atoms with E-state index >= 15 is 0 Å². The SMILES string of the molecule is N#CC1CCN(C(=O)CCCc2cccnc2)CC1. The fraction of sp³-hybridized carbons (Fsp3) is 0.533. The monoisotopic (exact) mass is 257 g/mol. The molecule has 0 spiro atoms. The summed E-state index contributed by atoms with van der Waals surface area (Å²) in [6.07, 6.45) is 7.61. The number of aryl methyl sites for hydroxylation is 1. The van der Waals surface area contributed by atoms with Crippen LogP contribution < -0.4 is 0 Å². The quantitative estimate of drug-likeness (QED) is 0.830. The van der Waals surface area contributed by atoms with Crippen LogP contribution in [0.1, 0.15) is 31.2 Å². The molecule has 0 unspecified atom stereocenters.